The van der Waals surface area contributed by atoms with Crippen LogP contribution in [-0.4, -0.2) is 20.8 Å². The Balaban J connectivity index is 2.11. The zero-order valence-electron chi connectivity index (χ0n) is 14.9. The average Bonchev–Trinajstić information content (AvgIpc) is 2.57. The minimum atomic E-state index is -0.212. The number of H-pyrrole nitrogens is 1. The molecule has 6 nitrogen and oxygen atoms in total. The molecule has 0 unspecified atom stereocenters. The number of phenolic OH excluding ortho intramolecular Hbond substituents is 1. The molecule has 134 valence electrons. The molecular formula is C19H26N4O2. The number of rotatable bonds is 9. The number of phenols is 1. The van der Waals surface area contributed by atoms with Gasteiger partial charge in [-0.25, -0.2) is 10.4 Å². The van der Waals surface area contributed by atoms with Crippen LogP contribution in [0.15, 0.2) is 40.2 Å². The molecule has 0 saturated heterocycles. The van der Waals surface area contributed by atoms with Crippen molar-refractivity contribution in [2.45, 2.75) is 52.4 Å². The van der Waals surface area contributed by atoms with Gasteiger partial charge in [0.2, 0.25) is 5.95 Å². The number of aromatic amines is 1. The second kappa shape index (κ2) is 9.61. The topological polar surface area (TPSA) is 90.4 Å². The summed E-state index contributed by atoms with van der Waals surface area (Å²) in [5.74, 6) is 0.552. The molecular weight excluding hydrogens is 316 g/mol. The van der Waals surface area contributed by atoms with Crippen molar-refractivity contribution in [2.24, 2.45) is 5.10 Å². The lowest BCUT2D eigenvalue weighted by atomic mass is 10.0. The van der Waals surface area contributed by atoms with Gasteiger partial charge in [-0.05, 0) is 49.6 Å². The monoisotopic (exact) mass is 342 g/mol. The van der Waals surface area contributed by atoms with Crippen LogP contribution in [0.4, 0.5) is 5.95 Å². The first-order valence-electron chi connectivity index (χ1n) is 8.78. The molecule has 25 heavy (non-hydrogen) atoms. The smallest absolute Gasteiger partial charge is 0.252 e. The molecule has 3 N–H and O–H groups in total. The highest BCUT2D eigenvalue weighted by molar-refractivity contribution is 6.00. The summed E-state index contributed by atoms with van der Waals surface area (Å²) in [5, 5.41) is 13.9. The van der Waals surface area contributed by atoms with Crippen molar-refractivity contribution in [3.8, 4) is 5.75 Å². The molecule has 1 aromatic heterocycles. The fourth-order valence-corrected chi connectivity index (χ4v) is 2.57. The van der Waals surface area contributed by atoms with E-state index in [4.69, 9.17) is 0 Å². The number of hydrazone groups is 1. The fraction of sp³-hybridized carbons (Fsp3) is 0.421. The third-order valence-electron chi connectivity index (χ3n) is 3.88. The quantitative estimate of drug-likeness (QED) is 0.365. The standard InChI is InChI=1S/C19H26N4O2/c1-3-4-5-6-7-8-17(15-9-11-16(24)12-10-15)22-23-19-20-14(2)13-18(25)21-19/h9-13,24H,3-8H2,1-2H3,(H2,20,21,23,25)/b22-17+. The van der Waals surface area contributed by atoms with Gasteiger partial charge in [-0.3, -0.25) is 9.78 Å². The van der Waals surface area contributed by atoms with Crippen molar-refractivity contribution in [3.05, 3.63) is 51.9 Å². The predicted octanol–water partition coefficient (Wildman–Crippen LogP) is 3.96. The minimum absolute atomic E-state index is 0.212. The Kier molecular flexibility index (Phi) is 7.19. The van der Waals surface area contributed by atoms with Crippen molar-refractivity contribution in [1.82, 2.24) is 9.97 Å². The van der Waals surface area contributed by atoms with Crippen molar-refractivity contribution < 1.29 is 5.11 Å². The molecule has 2 rings (SSSR count). The number of aromatic nitrogens is 2. The van der Waals surface area contributed by atoms with Gasteiger partial charge in [-0.15, -0.1) is 0 Å². The summed E-state index contributed by atoms with van der Waals surface area (Å²) in [4.78, 5) is 18.4. The number of nitrogens with zero attached hydrogens (tertiary/aromatic N) is 2. The molecule has 6 heteroatoms. The molecule has 0 saturated carbocycles. The number of benzene rings is 1. The van der Waals surface area contributed by atoms with Crippen LogP contribution < -0.4 is 11.0 Å². The Labute approximate surface area is 148 Å². The van der Waals surface area contributed by atoms with Crippen molar-refractivity contribution in [1.29, 1.82) is 0 Å². The van der Waals surface area contributed by atoms with Crippen molar-refractivity contribution in [2.75, 3.05) is 5.43 Å². The number of aromatic hydroxyl groups is 1. The molecule has 0 spiro atoms. The first kappa shape index (κ1) is 18.7. The summed E-state index contributed by atoms with van der Waals surface area (Å²) in [6.07, 6.45) is 6.70. The lowest BCUT2D eigenvalue weighted by Gasteiger charge is -2.08. The number of unbranched alkanes of at least 4 members (excludes halogenated alkanes) is 4. The van der Waals surface area contributed by atoms with E-state index in [1.165, 1.54) is 25.3 Å². The van der Waals surface area contributed by atoms with Crippen LogP contribution in [0, 0.1) is 6.92 Å². The molecule has 0 aliphatic heterocycles. The Hall–Kier alpha value is -2.63. The Morgan fingerprint density at radius 1 is 1.20 bits per heavy atom. The molecule has 0 atom stereocenters. The molecule has 1 heterocycles. The Morgan fingerprint density at radius 3 is 2.60 bits per heavy atom. The average molecular weight is 342 g/mol. The highest BCUT2D eigenvalue weighted by atomic mass is 16.3. The van der Waals surface area contributed by atoms with Crippen LogP contribution in [0.5, 0.6) is 5.75 Å². The lowest BCUT2D eigenvalue weighted by molar-refractivity contribution is 0.475. The molecule has 0 aliphatic carbocycles. The van der Waals surface area contributed by atoms with Gasteiger partial charge in [0.1, 0.15) is 5.75 Å². The van der Waals surface area contributed by atoms with Gasteiger partial charge in [0.15, 0.2) is 0 Å². The van der Waals surface area contributed by atoms with Crippen LogP contribution in [-0.2, 0) is 0 Å². The van der Waals surface area contributed by atoms with Gasteiger partial charge in [0.25, 0.3) is 5.56 Å². The second-order valence-corrected chi connectivity index (χ2v) is 6.12. The third-order valence-corrected chi connectivity index (χ3v) is 3.88. The lowest BCUT2D eigenvalue weighted by Crippen LogP contribution is -2.12. The Morgan fingerprint density at radius 2 is 1.92 bits per heavy atom. The Bertz CT molecular complexity index is 751. The number of nitrogens with one attached hydrogen (secondary N) is 2. The highest BCUT2D eigenvalue weighted by Gasteiger charge is 2.05. The van der Waals surface area contributed by atoms with E-state index in [0.717, 1.165) is 30.5 Å². The first-order valence-corrected chi connectivity index (χ1v) is 8.78. The van der Waals surface area contributed by atoms with Crippen LogP contribution in [0.25, 0.3) is 0 Å². The van der Waals surface area contributed by atoms with E-state index in [9.17, 15) is 9.90 Å². The van der Waals surface area contributed by atoms with Crippen LogP contribution in [0.1, 0.15) is 56.7 Å². The van der Waals surface area contributed by atoms with Gasteiger partial charge in [0.05, 0.1) is 5.71 Å². The third kappa shape index (κ3) is 6.41. The minimum Gasteiger partial charge on any atom is -0.508 e. The molecule has 2 aromatic rings. The largest absolute Gasteiger partial charge is 0.508 e. The van der Waals surface area contributed by atoms with E-state index in [1.54, 1.807) is 19.1 Å². The van der Waals surface area contributed by atoms with E-state index in [0.29, 0.717) is 11.6 Å². The fourth-order valence-electron chi connectivity index (χ4n) is 2.57. The molecule has 0 bridgehead atoms. The summed E-state index contributed by atoms with van der Waals surface area (Å²) in [7, 11) is 0. The van der Waals surface area contributed by atoms with E-state index in [1.807, 2.05) is 12.1 Å². The summed E-state index contributed by atoms with van der Waals surface area (Å²) in [6, 6.07) is 8.41. The summed E-state index contributed by atoms with van der Waals surface area (Å²) >= 11 is 0. The van der Waals surface area contributed by atoms with E-state index < -0.39 is 0 Å². The number of hydrogen-bond acceptors (Lipinski definition) is 5. The maximum Gasteiger partial charge on any atom is 0.252 e. The molecule has 0 amide bonds. The second-order valence-electron chi connectivity index (χ2n) is 6.12. The normalized spacial score (nSPS) is 11.5. The van der Waals surface area contributed by atoms with Crippen LogP contribution in [0.2, 0.25) is 0 Å². The summed E-state index contributed by atoms with van der Waals surface area (Å²) in [5.41, 5.74) is 5.09. The van der Waals surface area contributed by atoms with Gasteiger partial charge < -0.3 is 5.11 Å². The van der Waals surface area contributed by atoms with Gasteiger partial charge in [0, 0.05) is 11.8 Å². The van der Waals surface area contributed by atoms with Crippen LogP contribution in [0.3, 0.4) is 0 Å². The summed E-state index contributed by atoms with van der Waals surface area (Å²) in [6.45, 7) is 3.96. The van der Waals surface area contributed by atoms with E-state index >= 15 is 0 Å². The van der Waals surface area contributed by atoms with E-state index in [2.05, 4.69) is 27.4 Å². The molecule has 0 aliphatic rings. The van der Waals surface area contributed by atoms with Gasteiger partial charge in [-0.1, -0.05) is 32.6 Å². The molecule has 0 fully saturated rings. The van der Waals surface area contributed by atoms with E-state index in [-0.39, 0.29) is 11.3 Å². The van der Waals surface area contributed by atoms with Gasteiger partial charge >= 0.3 is 0 Å². The highest BCUT2D eigenvalue weighted by Crippen LogP contribution is 2.15. The maximum absolute atomic E-state index is 11.5. The SMILES string of the molecule is CCCCCCC/C(=N\Nc1nc(C)cc(=O)[nH]1)c1ccc(O)cc1. The van der Waals surface area contributed by atoms with Gasteiger partial charge in [-0.2, -0.15) is 5.10 Å². The zero-order valence-corrected chi connectivity index (χ0v) is 14.9. The predicted molar refractivity (Wildman–Crippen MR) is 101 cm³/mol. The van der Waals surface area contributed by atoms with Crippen molar-refractivity contribution >= 4 is 11.7 Å². The number of hydrogen-bond donors (Lipinski definition) is 3. The summed E-state index contributed by atoms with van der Waals surface area (Å²) < 4.78 is 0. The van der Waals surface area contributed by atoms with Crippen molar-refractivity contribution in [3.63, 3.8) is 0 Å². The number of anilines is 1. The zero-order chi connectivity index (χ0) is 18.1. The maximum atomic E-state index is 11.5. The van der Waals surface area contributed by atoms with Crippen LogP contribution >= 0.6 is 0 Å². The molecule has 1 aromatic carbocycles. The molecule has 0 radical (unpaired) electrons. The first-order chi connectivity index (χ1) is 12.1. The number of aryl methyl sites for hydroxylation is 1.